The molecule has 0 aliphatic heterocycles. The van der Waals surface area contributed by atoms with E-state index in [1.54, 1.807) is 18.8 Å². The first-order valence-electron chi connectivity index (χ1n) is 5.60. The molecule has 19 heavy (non-hydrogen) atoms. The van der Waals surface area contributed by atoms with Crippen LogP contribution in [-0.2, 0) is 20.5 Å². The molecule has 0 fully saturated rings. The highest BCUT2D eigenvalue weighted by molar-refractivity contribution is 7.99. The van der Waals surface area contributed by atoms with E-state index in [-0.39, 0.29) is 0 Å². The van der Waals surface area contributed by atoms with E-state index >= 15 is 0 Å². The second-order valence-corrected chi connectivity index (χ2v) is 4.90. The lowest BCUT2D eigenvalue weighted by molar-refractivity contribution is 0.594. The lowest BCUT2D eigenvalue weighted by atomic mass is 10.3. The fraction of sp³-hybridized carbons (Fsp3) is 0.400. The van der Waals surface area contributed by atoms with Gasteiger partial charge in [0.25, 0.3) is 0 Å². The van der Waals surface area contributed by atoms with Gasteiger partial charge in [0.2, 0.25) is 0 Å². The predicted octanol–water partition coefficient (Wildman–Crippen LogP) is -0.502. The monoisotopic (exact) mass is 282 g/mol. The van der Waals surface area contributed by atoms with Crippen LogP contribution >= 0.6 is 11.8 Å². The second-order valence-electron chi connectivity index (χ2n) is 3.94. The second kappa shape index (κ2) is 4.92. The number of H-pyrrole nitrogens is 1. The van der Waals surface area contributed by atoms with Crippen molar-refractivity contribution in [3.05, 3.63) is 26.4 Å². The molecule has 0 aliphatic carbocycles. The fourth-order valence-electron chi connectivity index (χ4n) is 1.60. The van der Waals surface area contributed by atoms with Gasteiger partial charge in [0, 0.05) is 14.1 Å². The minimum Gasteiger partial charge on any atom is -0.395 e. The van der Waals surface area contributed by atoms with Gasteiger partial charge >= 0.3 is 11.1 Å². The Morgan fingerprint density at radius 2 is 2.05 bits per heavy atom. The van der Waals surface area contributed by atoms with Crippen molar-refractivity contribution < 1.29 is 0 Å². The predicted molar refractivity (Wildman–Crippen MR) is 71.2 cm³/mol. The van der Waals surface area contributed by atoms with Crippen molar-refractivity contribution in [3.8, 4) is 0 Å². The Morgan fingerprint density at radius 1 is 1.37 bits per heavy atom. The van der Waals surface area contributed by atoms with Gasteiger partial charge in [-0.15, -0.1) is 0 Å². The van der Waals surface area contributed by atoms with Crippen LogP contribution in [0.1, 0.15) is 12.6 Å². The fourth-order valence-corrected chi connectivity index (χ4v) is 2.48. The van der Waals surface area contributed by atoms with Crippen LogP contribution < -0.4 is 16.9 Å². The Morgan fingerprint density at radius 3 is 2.63 bits per heavy atom. The van der Waals surface area contributed by atoms with E-state index in [1.165, 1.54) is 16.4 Å². The Labute approximate surface area is 112 Å². The number of nitrogens with two attached hydrogens (primary N) is 1. The third-order valence-corrected chi connectivity index (χ3v) is 3.80. The summed E-state index contributed by atoms with van der Waals surface area (Å²) in [4.78, 5) is 26.1. The van der Waals surface area contributed by atoms with Gasteiger partial charge in [0.15, 0.2) is 5.16 Å². The smallest absolute Gasteiger partial charge is 0.339 e. The number of rotatable bonds is 3. The lowest BCUT2D eigenvalue weighted by Crippen LogP contribution is -2.33. The van der Waals surface area contributed by atoms with E-state index in [2.05, 4.69) is 15.2 Å². The maximum Gasteiger partial charge on any atom is 0.339 e. The SMILES string of the molecule is CCc1nn(C)c(Sc2nc(=O)c(=O)[nH]n2C)c1N. The Hall–Kier alpha value is -2.03. The van der Waals surface area contributed by atoms with E-state index in [1.807, 2.05) is 6.92 Å². The molecule has 2 aromatic heterocycles. The van der Waals surface area contributed by atoms with Crippen LogP contribution in [0.4, 0.5) is 5.69 Å². The summed E-state index contributed by atoms with van der Waals surface area (Å²) in [6.45, 7) is 1.96. The van der Waals surface area contributed by atoms with E-state index in [0.717, 1.165) is 12.1 Å². The topological polar surface area (TPSA) is 112 Å². The molecule has 0 aromatic carbocycles. The van der Waals surface area contributed by atoms with Crippen LogP contribution in [-0.4, -0.2) is 24.5 Å². The molecular weight excluding hydrogens is 268 g/mol. The molecular formula is C10H14N6O2S. The first-order chi connectivity index (χ1) is 8.93. The maximum atomic E-state index is 11.3. The molecule has 8 nitrogen and oxygen atoms in total. The zero-order chi connectivity index (χ0) is 14.2. The number of aromatic nitrogens is 5. The van der Waals surface area contributed by atoms with Crippen LogP contribution in [0.2, 0.25) is 0 Å². The molecule has 2 heterocycles. The van der Waals surface area contributed by atoms with Gasteiger partial charge in [0.05, 0.1) is 11.4 Å². The highest BCUT2D eigenvalue weighted by Crippen LogP contribution is 2.31. The summed E-state index contributed by atoms with van der Waals surface area (Å²) in [7, 11) is 3.37. The Kier molecular flexibility index (Phi) is 3.47. The van der Waals surface area contributed by atoms with Crippen LogP contribution in [0.3, 0.4) is 0 Å². The third kappa shape index (κ3) is 2.41. The zero-order valence-corrected chi connectivity index (χ0v) is 11.6. The maximum absolute atomic E-state index is 11.3. The van der Waals surface area contributed by atoms with Crippen molar-refractivity contribution in [3.63, 3.8) is 0 Å². The Bertz CT molecular complexity index is 729. The van der Waals surface area contributed by atoms with E-state index in [9.17, 15) is 9.59 Å². The number of aromatic amines is 1. The van der Waals surface area contributed by atoms with E-state index < -0.39 is 11.1 Å². The molecule has 2 aromatic rings. The van der Waals surface area contributed by atoms with Gasteiger partial charge in [-0.2, -0.15) is 10.1 Å². The summed E-state index contributed by atoms with van der Waals surface area (Å²) in [5, 5.41) is 7.70. The minimum absolute atomic E-state index is 0.349. The normalized spacial score (nSPS) is 10.9. The number of anilines is 1. The summed E-state index contributed by atoms with van der Waals surface area (Å²) in [5.74, 6) is 0. The molecule has 0 saturated heterocycles. The number of hydrogen-bond acceptors (Lipinski definition) is 6. The molecule has 0 unspecified atom stereocenters. The molecule has 0 radical (unpaired) electrons. The molecule has 102 valence electrons. The average Bonchev–Trinajstić information content (AvgIpc) is 2.63. The van der Waals surface area contributed by atoms with Crippen molar-refractivity contribution in [2.75, 3.05) is 5.73 Å². The van der Waals surface area contributed by atoms with Crippen molar-refractivity contribution in [1.29, 1.82) is 0 Å². The number of aryl methyl sites for hydroxylation is 3. The van der Waals surface area contributed by atoms with Gasteiger partial charge in [-0.1, -0.05) is 6.92 Å². The Balaban J connectivity index is 2.47. The standard InChI is InChI=1S/C10H14N6O2S/c1-4-5-6(11)9(15(2)13-5)19-10-12-7(17)8(18)14-16(10)3/h4,11H2,1-3H3,(H,14,18). The number of hydrogen-bond donors (Lipinski definition) is 2. The molecule has 2 rings (SSSR count). The average molecular weight is 282 g/mol. The number of nitrogen functional groups attached to an aromatic ring is 1. The van der Waals surface area contributed by atoms with Gasteiger partial charge in [-0.3, -0.25) is 24.1 Å². The highest BCUT2D eigenvalue weighted by atomic mass is 32.2. The summed E-state index contributed by atoms with van der Waals surface area (Å²) in [5.41, 5.74) is 5.77. The summed E-state index contributed by atoms with van der Waals surface area (Å²) in [6, 6.07) is 0. The number of nitrogens with one attached hydrogen (secondary N) is 1. The molecule has 0 spiro atoms. The summed E-state index contributed by atoms with van der Waals surface area (Å²) < 4.78 is 3.02. The summed E-state index contributed by atoms with van der Waals surface area (Å²) in [6.07, 6.45) is 0.720. The lowest BCUT2D eigenvalue weighted by Gasteiger charge is -2.06. The van der Waals surface area contributed by atoms with Crippen molar-refractivity contribution in [2.45, 2.75) is 23.5 Å². The first kappa shape index (κ1) is 13.4. The third-order valence-electron chi connectivity index (χ3n) is 2.58. The van der Waals surface area contributed by atoms with E-state index in [0.29, 0.717) is 15.9 Å². The van der Waals surface area contributed by atoms with Crippen molar-refractivity contribution in [1.82, 2.24) is 24.5 Å². The molecule has 0 aliphatic rings. The molecule has 3 N–H and O–H groups in total. The van der Waals surface area contributed by atoms with Crippen LogP contribution in [0.15, 0.2) is 19.8 Å². The van der Waals surface area contributed by atoms with Crippen molar-refractivity contribution in [2.24, 2.45) is 14.1 Å². The molecule has 9 heteroatoms. The van der Waals surface area contributed by atoms with Gasteiger partial charge in [-0.25, -0.2) is 0 Å². The van der Waals surface area contributed by atoms with Crippen LogP contribution in [0.25, 0.3) is 0 Å². The molecule has 0 atom stereocenters. The van der Waals surface area contributed by atoms with Gasteiger partial charge in [-0.05, 0) is 18.2 Å². The zero-order valence-electron chi connectivity index (χ0n) is 10.8. The molecule has 0 amide bonds. The van der Waals surface area contributed by atoms with Crippen molar-refractivity contribution >= 4 is 17.4 Å². The first-order valence-corrected chi connectivity index (χ1v) is 6.42. The summed E-state index contributed by atoms with van der Waals surface area (Å²) >= 11 is 1.18. The minimum atomic E-state index is -0.822. The van der Waals surface area contributed by atoms with Gasteiger partial charge < -0.3 is 5.73 Å². The van der Waals surface area contributed by atoms with Crippen LogP contribution in [0.5, 0.6) is 0 Å². The van der Waals surface area contributed by atoms with Gasteiger partial charge in [0.1, 0.15) is 5.03 Å². The largest absolute Gasteiger partial charge is 0.395 e. The highest BCUT2D eigenvalue weighted by Gasteiger charge is 2.16. The molecule has 0 bridgehead atoms. The van der Waals surface area contributed by atoms with Crippen LogP contribution in [0, 0.1) is 0 Å². The molecule has 0 saturated carbocycles. The number of nitrogens with zero attached hydrogens (tertiary/aromatic N) is 4. The quantitative estimate of drug-likeness (QED) is 0.734. The van der Waals surface area contributed by atoms with E-state index in [4.69, 9.17) is 5.73 Å².